The first kappa shape index (κ1) is 14.0. The molecule has 18 heavy (non-hydrogen) atoms. The SMILES string of the molecule is CCOC(=O)/C(CCc1ccc(OC)cc1)=N/O. The van der Waals surface area contributed by atoms with Crippen LogP contribution in [-0.4, -0.2) is 30.6 Å². The van der Waals surface area contributed by atoms with Gasteiger partial charge in [0.25, 0.3) is 0 Å². The lowest BCUT2D eigenvalue weighted by atomic mass is 10.1. The van der Waals surface area contributed by atoms with Gasteiger partial charge in [-0.05, 0) is 31.0 Å². The van der Waals surface area contributed by atoms with Gasteiger partial charge in [0.2, 0.25) is 0 Å². The molecular formula is C13H17NO4. The zero-order valence-electron chi connectivity index (χ0n) is 10.5. The Labute approximate surface area is 106 Å². The average molecular weight is 251 g/mol. The van der Waals surface area contributed by atoms with E-state index >= 15 is 0 Å². The maximum Gasteiger partial charge on any atom is 0.356 e. The van der Waals surface area contributed by atoms with E-state index in [1.807, 2.05) is 24.3 Å². The highest BCUT2D eigenvalue weighted by atomic mass is 16.5. The van der Waals surface area contributed by atoms with Crippen LogP contribution in [0.2, 0.25) is 0 Å². The van der Waals surface area contributed by atoms with Crippen LogP contribution in [0, 0.1) is 0 Å². The molecule has 0 aromatic heterocycles. The van der Waals surface area contributed by atoms with Crippen LogP contribution in [0.5, 0.6) is 5.75 Å². The number of rotatable bonds is 6. The van der Waals surface area contributed by atoms with E-state index in [2.05, 4.69) is 5.16 Å². The van der Waals surface area contributed by atoms with Gasteiger partial charge in [0.05, 0.1) is 13.7 Å². The van der Waals surface area contributed by atoms with E-state index in [1.54, 1.807) is 14.0 Å². The Bertz CT molecular complexity index is 412. The summed E-state index contributed by atoms with van der Waals surface area (Å²) >= 11 is 0. The molecule has 0 aliphatic heterocycles. The molecule has 5 heteroatoms. The van der Waals surface area contributed by atoms with Crippen LogP contribution in [0.15, 0.2) is 29.4 Å². The molecule has 0 saturated carbocycles. The van der Waals surface area contributed by atoms with Gasteiger partial charge in [0.15, 0.2) is 5.71 Å². The van der Waals surface area contributed by atoms with Crippen LogP contribution >= 0.6 is 0 Å². The molecule has 1 rings (SSSR count). The van der Waals surface area contributed by atoms with Crippen LogP contribution in [0.3, 0.4) is 0 Å². The Morgan fingerprint density at radius 2 is 2.00 bits per heavy atom. The first-order valence-electron chi connectivity index (χ1n) is 5.72. The van der Waals surface area contributed by atoms with E-state index in [4.69, 9.17) is 14.7 Å². The lowest BCUT2D eigenvalue weighted by Crippen LogP contribution is -2.18. The molecule has 0 fully saturated rings. The summed E-state index contributed by atoms with van der Waals surface area (Å²) in [6.07, 6.45) is 0.934. The molecule has 0 aliphatic rings. The quantitative estimate of drug-likeness (QED) is 0.363. The summed E-state index contributed by atoms with van der Waals surface area (Å²) in [5.74, 6) is 0.203. The summed E-state index contributed by atoms with van der Waals surface area (Å²) in [7, 11) is 1.60. The zero-order valence-corrected chi connectivity index (χ0v) is 10.5. The summed E-state index contributed by atoms with van der Waals surface area (Å²) in [5.41, 5.74) is 1.06. The fourth-order valence-electron chi connectivity index (χ4n) is 1.46. The second-order valence-electron chi connectivity index (χ2n) is 3.62. The number of carbonyl (C=O) groups excluding carboxylic acids is 1. The highest BCUT2D eigenvalue weighted by Gasteiger charge is 2.13. The third-order valence-corrected chi connectivity index (χ3v) is 2.44. The molecule has 1 aromatic rings. The van der Waals surface area contributed by atoms with E-state index in [0.717, 1.165) is 11.3 Å². The molecule has 0 saturated heterocycles. The molecule has 0 heterocycles. The Hall–Kier alpha value is -2.04. The van der Waals surface area contributed by atoms with Crippen LogP contribution < -0.4 is 4.74 Å². The van der Waals surface area contributed by atoms with E-state index in [-0.39, 0.29) is 12.3 Å². The maximum atomic E-state index is 11.4. The van der Waals surface area contributed by atoms with Crippen LogP contribution in [0.1, 0.15) is 18.9 Å². The fourth-order valence-corrected chi connectivity index (χ4v) is 1.46. The van der Waals surface area contributed by atoms with Crippen molar-refractivity contribution in [1.29, 1.82) is 0 Å². The molecule has 98 valence electrons. The molecule has 1 N–H and O–H groups in total. The van der Waals surface area contributed by atoms with E-state index in [1.165, 1.54) is 0 Å². The molecule has 0 radical (unpaired) electrons. The maximum absolute atomic E-state index is 11.4. The number of esters is 1. The Morgan fingerprint density at radius 3 is 2.50 bits per heavy atom. The first-order valence-corrected chi connectivity index (χ1v) is 5.72. The number of nitrogens with zero attached hydrogens (tertiary/aromatic N) is 1. The van der Waals surface area contributed by atoms with Gasteiger partial charge >= 0.3 is 5.97 Å². The molecule has 0 aliphatic carbocycles. The number of benzene rings is 1. The number of oxime groups is 1. The molecule has 0 unspecified atom stereocenters. The number of hydrogen-bond acceptors (Lipinski definition) is 5. The van der Waals surface area contributed by atoms with Crippen molar-refractivity contribution in [2.45, 2.75) is 19.8 Å². The van der Waals surface area contributed by atoms with Gasteiger partial charge in [-0.2, -0.15) is 0 Å². The van der Waals surface area contributed by atoms with Crippen molar-refractivity contribution >= 4 is 11.7 Å². The lowest BCUT2D eigenvalue weighted by molar-refractivity contribution is -0.135. The Balaban J connectivity index is 2.54. The zero-order chi connectivity index (χ0) is 13.4. The van der Waals surface area contributed by atoms with Gasteiger partial charge in [0.1, 0.15) is 5.75 Å². The van der Waals surface area contributed by atoms with Crippen molar-refractivity contribution in [3.05, 3.63) is 29.8 Å². The normalized spacial score (nSPS) is 11.1. The summed E-state index contributed by atoms with van der Waals surface area (Å²) in [6.45, 7) is 1.97. The molecule has 5 nitrogen and oxygen atoms in total. The predicted octanol–water partition coefficient (Wildman–Crippen LogP) is 2.02. The number of hydrogen-bond donors (Lipinski definition) is 1. The highest BCUT2D eigenvalue weighted by Crippen LogP contribution is 2.13. The minimum Gasteiger partial charge on any atom is -0.497 e. The van der Waals surface area contributed by atoms with E-state index in [9.17, 15) is 4.79 Å². The van der Waals surface area contributed by atoms with Crippen molar-refractivity contribution < 1.29 is 19.5 Å². The fraction of sp³-hybridized carbons (Fsp3) is 0.385. The first-order chi connectivity index (χ1) is 8.71. The summed E-state index contributed by atoms with van der Waals surface area (Å²) in [4.78, 5) is 11.4. The summed E-state index contributed by atoms with van der Waals surface area (Å²) < 4.78 is 9.82. The third-order valence-electron chi connectivity index (χ3n) is 2.44. The van der Waals surface area contributed by atoms with Gasteiger partial charge in [0, 0.05) is 6.42 Å². The van der Waals surface area contributed by atoms with Gasteiger partial charge in [-0.25, -0.2) is 4.79 Å². The van der Waals surface area contributed by atoms with Crippen LogP contribution in [0.4, 0.5) is 0 Å². The topological polar surface area (TPSA) is 68.1 Å². The van der Waals surface area contributed by atoms with Crippen LogP contribution in [-0.2, 0) is 16.0 Å². The highest BCUT2D eigenvalue weighted by molar-refractivity contribution is 6.36. The van der Waals surface area contributed by atoms with Gasteiger partial charge < -0.3 is 14.7 Å². The largest absolute Gasteiger partial charge is 0.497 e. The van der Waals surface area contributed by atoms with E-state index in [0.29, 0.717) is 12.8 Å². The molecular weight excluding hydrogens is 234 g/mol. The number of aryl methyl sites for hydroxylation is 1. The number of methoxy groups -OCH3 is 1. The van der Waals surface area contributed by atoms with Crippen molar-refractivity contribution in [2.75, 3.05) is 13.7 Å². The monoisotopic (exact) mass is 251 g/mol. The average Bonchev–Trinajstić information content (AvgIpc) is 2.40. The second kappa shape index (κ2) is 7.32. The molecule has 0 spiro atoms. The van der Waals surface area contributed by atoms with Gasteiger partial charge in [-0.15, -0.1) is 0 Å². The van der Waals surface area contributed by atoms with Crippen LogP contribution in [0.25, 0.3) is 0 Å². The van der Waals surface area contributed by atoms with Gasteiger partial charge in [-0.1, -0.05) is 17.3 Å². The van der Waals surface area contributed by atoms with Crippen molar-refractivity contribution in [3.63, 3.8) is 0 Å². The summed E-state index contributed by atoms with van der Waals surface area (Å²) in [6, 6.07) is 7.49. The lowest BCUT2D eigenvalue weighted by Gasteiger charge is -2.05. The molecule has 0 atom stereocenters. The second-order valence-corrected chi connectivity index (χ2v) is 3.62. The van der Waals surface area contributed by atoms with Gasteiger partial charge in [-0.3, -0.25) is 0 Å². The third kappa shape index (κ3) is 4.08. The molecule has 0 bridgehead atoms. The van der Waals surface area contributed by atoms with Crippen molar-refractivity contribution in [2.24, 2.45) is 5.16 Å². The standard InChI is InChI=1S/C13H17NO4/c1-3-18-13(15)12(14-16)9-6-10-4-7-11(17-2)8-5-10/h4-5,7-8,16H,3,6,9H2,1-2H3/b14-12+. The van der Waals surface area contributed by atoms with Crippen molar-refractivity contribution in [3.8, 4) is 5.75 Å². The number of carbonyl (C=O) groups is 1. The molecule has 0 amide bonds. The molecule has 1 aromatic carbocycles. The summed E-state index contributed by atoms with van der Waals surface area (Å²) in [5, 5.41) is 11.7. The predicted molar refractivity (Wildman–Crippen MR) is 67.2 cm³/mol. The van der Waals surface area contributed by atoms with Crippen molar-refractivity contribution in [1.82, 2.24) is 0 Å². The minimum atomic E-state index is -0.575. The Kier molecular flexibility index (Phi) is 5.70. The Morgan fingerprint density at radius 1 is 1.33 bits per heavy atom. The minimum absolute atomic E-state index is 0.0349. The smallest absolute Gasteiger partial charge is 0.356 e. The number of ether oxygens (including phenoxy) is 2. The van der Waals surface area contributed by atoms with E-state index < -0.39 is 5.97 Å².